The lowest BCUT2D eigenvalue weighted by Crippen LogP contribution is -2.10. The molecule has 1 N–H and O–H groups in total. The molecule has 0 spiro atoms. The van der Waals surface area contributed by atoms with Gasteiger partial charge < -0.3 is 5.11 Å². The van der Waals surface area contributed by atoms with Crippen molar-refractivity contribution in [2.75, 3.05) is 0 Å². The summed E-state index contributed by atoms with van der Waals surface area (Å²) in [6, 6.07) is 2.86. The molecule has 0 aliphatic rings. The molecule has 0 radical (unpaired) electrons. The summed E-state index contributed by atoms with van der Waals surface area (Å²) in [5, 5.41) is 9.83. The fraction of sp³-hybridized carbons (Fsp3) is 0.545. The summed E-state index contributed by atoms with van der Waals surface area (Å²) < 4.78 is 12.6. The fourth-order valence-corrected chi connectivity index (χ4v) is 1.47. The third-order valence-corrected chi connectivity index (χ3v) is 2.34. The van der Waals surface area contributed by atoms with Gasteiger partial charge in [0.2, 0.25) is 0 Å². The van der Waals surface area contributed by atoms with Gasteiger partial charge in [0.15, 0.2) is 0 Å². The van der Waals surface area contributed by atoms with E-state index in [9.17, 15) is 9.50 Å². The SMILES string of the molecule is CCCC(C)C(O)c1ccc(F)cn1. The van der Waals surface area contributed by atoms with Crippen LogP contribution < -0.4 is 0 Å². The Hall–Kier alpha value is -0.960. The number of nitrogens with zero attached hydrogens (tertiary/aromatic N) is 1. The van der Waals surface area contributed by atoms with Gasteiger partial charge in [-0.3, -0.25) is 4.98 Å². The van der Waals surface area contributed by atoms with Crippen molar-refractivity contribution in [3.05, 3.63) is 29.8 Å². The lowest BCUT2D eigenvalue weighted by molar-refractivity contribution is 0.108. The molecule has 1 aromatic heterocycles. The van der Waals surface area contributed by atoms with Crippen molar-refractivity contribution in [3.8, 4) is 0 Å². The summed E-state index contributed by atoms with van der Waals surface area (Å²) in [6.45, 7) is 4.04. The summed E-state index contributed by atoms with van der Waals surface area (Å²) >= 11 is 0. The zero-order chi connectivity index (χ0) is 10.6. The van der Waals surface area contributed by atoms with E-state index in [1.54, 1.807) is 0 Å². The van der Waals surface area contributed by atoms with Gasteiger partial charge >= 0.3 is 0 Å². The van der Waals surface area contributed by atoms with Crippen LogP contribution in [0.4, 0.5) is 4.39 Å². The van der Waals surface area contributed by atoms with Crippen molar-refractivity contribution in [1.82, 2.24) is 4.98 Å². The van der Waals surface area contributed by atoms with Crippen molar-refractivity contribution < 1.29 is 9.50 Å². The first kappa shape index (κ1) is 11.1. The average Bonchev–Trinajstić information content (AvgIpc) is 2.18. The fourth-order valence-electron chi connectivity index (χ4n) is 1.47. The van der Waals surface area contributed by atoms with Crippen LogP contribution in [0.15, 0.2) is 18.3 Å². The Kier molecular flexibility index (Phi) is 4.01. The second-order valence-electron chi connectivity index (χ2n) is 3.61. The molecule has 14 heavy (non-hydrogen) atoms. The maximum Gasteiger partial charge on any atom is 0.141 e. The monoisotopic (exact) mass is 197 g/mol. The van der Waals surface area contributed by atoms with Crippen LogP contribution in [0.3, 0.4) is 0 Å². The molecule has 0 aliphatic heterocycles. The van der Waals surface area contributed by atoms with E-state index >= 15 is 0 Å². The lowest BCUT2D eigenvalue weighted by atomic mass is 9.97. The van der Waals surface area contributed by atoms with Crippen LogP contribution in [0.25, 0.3) is 0 Å². The molecule has 1 rings (SSSR count). The molecule has 0 fully saturated rings. The maximum absolute atomic E-state index is 12.6. The predicted octanol–water partition coefficient (Wildman–Crippen LogP) is 2.69. The van der Waals surface area contributed by atoms with Crippen molar-refractivity contribution >= 4 is 0 Å². The highest BCUT2D eigenvalue weighted by atomic mass is 19.1. The molecule has 2 atom stereocenters. The molecule has 0 amide bonds. The molecule has 0 aromatic carbocycles. The minimum atomic E-state index is -0.587. The van der Waals surface area contributed by atoms with E-state index in [1.165, 1.54) is 12.1 Å². The summed E-state index contributed by atoms with van der Waals surface area (Å²) in [4.78, 5) is 3.86. The standard InChI is InChI=1S/C11H16FNO/c1-3-4-8(2)11(14)10-6-5-9(12)7-13-10/h5-8,11,14H,3-4H2,1-2H3. The zero-order valence-corrected chi connectivity index (χ0v) is 8.57. The van der Waals surface area contributed by atoms with E-state index < -0.39 is 6.10 Å². The molecule has 0 bridgehead atoms. The number of aromatic nitrogens is 1. The van der Waals surface area contributed by atoms with Gasteiger partial charge in [-0.05, 0) is 24.5 Å². The van der Waals surface area contributed by atoms with Gasteiger partial charge in [0.05, 0.1) is 18.0 Å². The number of pyridine rings is 1. The van der Waals surface area contributed by atoms with Gasteiger partial charge in [-0.1, -0.05) is 20.3 Å². The first-order valence-corrected chi connectivity index (χ1v) is 4.94. The van der Waals surface area contributed by atoms with Crippen molar-refractivity contribution in [2.45, 2.75) is 32.8 Å². The maximum atomic E-state index is 12.6. The molecule has 2 nitrogen and oxygen atoms in total. The van der Waals surface area contributed by atoms with E-state index in [-0.39, 0.29) is 11.7 Å². The summed E-state index contributed by atoms with van der Waals surface area (Å²) in [6.07, 6.45) is 2.52. The van der Waals surface area contributed by atoms with Crippen LogP contribution in [0.2, 0.25) is 0 Å². The molecule has 0 aliphatic carbocycles. The highest BCUT2D eigenvalue weighted by Gasteiger charge is 2.16. The number of hydrogen-bond donors (Lipinski definition) is 1. The Labute approximate surface area is 83.8 Å². The Bertz CT molecular complexity index is 273. The Morgan fingerprint density at radius 1 is 1.50 bits per heavy atom. The van der Waals surface area contributed by atoms with Crippen molar-refractivity contribution in [3.63, 3.8) is 0 Å². The molecule has 0 saturated carbocycles. The van der Waals surface area contributed by atoms with Crippen LogP contribution in [0, 0.1) is 11.7 Å². The molecular formula is C11H16FNO. The van der Waals surface area contributed by atoms with Crippen LogP contribution in [-0.4, -0.2) is 10.1 Å². The van der Waals surface area contributed by atoms with E-state index in [0.29, 0.717) is 5.69 Å². The van der Waals surface area contributed by atoms with E-state index in [1.807, 2.05) is 6.92 Å². The van der Waals surface area contributed by atoms with Crippen molar-refractivity contribution in [1.29, 1.82) is 0 Å². The van der Waals surface area contributed by atoms with Gasteiger partial charge in [-0.15, -0.1) is 0 Å². The van der Waals surface area contributed by atoms with Crippen LogP contribution >= 0.6 is 0 Å². The first-order valence-electron chi connectivity index (χ1n) is 4.94. The average molecular weight is 197 g/mol. The quantitative estimate of drug-likeness (QED) is 0.805. The second kappa shape index (κ2) is 5.05. The third-order valence-electron chi connectivity index (χ3n) is 2.34. The Morgan fingerprint density at radius 2 is 2.21 bits per heavy atom. The first-order chi connectivity index (χ1) is 6.65. The Balaban J connectivity index is 2.68. The van der Waals surface area contributed by atoms with Crippen molar-refractivity contribution in [2.24, 2.45) is 5.92 Å². The number of halogens is 1. The predicted molar refractivity (Wildman–Crippen MR) is 53.2 cm³/mol. The molecule has 1 aromatic rings. The van der Waals surface area contributed by atoms with Gasteiger partial charge in [0.25, 0.3) is 0 Å². The molecular weight excluding hydrogens is 181 g/mol. The minimum Gasteiger partial charge on any atom is -0.387 e. The third kappa shape index (κ3) is 2.77. The Morgan fingerprint density at radius 3 is 2.71 bits per heavy atom. The van der Waals surface area contributed by atoms with Crippen LogP contribution in [-0.2, 0) is 0 Å². The van der Waals surface area contributed by atoms with E-state index in [0.717, 1.165) is 19.0 Å². The second-order valence-corrected chi connectivity index (χ2v) is 3.61. The molecule has 78 valence electrons. The lowest BCUT2D eigenvalue weighted by Gasteiger charge is -2.17. The van der Waals surface area contributed by atoms with Crippen LogP contribution in [0.1, 0.15) is 38.5 Å². The zero-order valence-electron chi connectivity index (χ0n) is 8.57. The summed E-state index contributed by atoms with van der Waals surface area (Å²) in [5.41, 5.74) is 0.548. The number of rotatable bonds is 4. The molecule has 1 heterocycles. The smallest absolute Gasteiger partial charge is 0.141 e. The van der Waals surface area contributed by atoms with Gasteiger partial charge in [0.1, 0.15) is 5.82 Å². The van der Waals surface area contributed by atoms with Crippen LogP contribution in [0.5, 0.6) is 0 Å². The highest BCUT2D eigenvalue weighted by Crippen LogP contribution is 2.23. The minimum absolute atomic E-state index is 0.165. The van der Waals surface area contributed by atoms with E-state index in [2.05, 4.69) is 11.9 Å². The highest BCUT2D eigenvalue weighted by molar-refractivity contribution is 5.08. The molecule has 0 saturated heterocycles. The van der Waals surface area contributed by atoms with Gasteiger partial charge in [-0.25, -0.2) is 4.39 Å². The van der Waals surface area contributed by atoms with Gasteiger partial charge in [-0.2, -0.15) is 0 Å². The molecule has 3 heteroatoms. The summed E-state index contributed by atoms with van der Waals surface area (Å²) in [5.74, 6) is -0.206. The summed E-state index contributed by atoms with van der Waals surface area (Å²) in [7, 11) is 0. The normalized spacial score (nSPS) is 15.1. The topological polar surface area (TPSA) is 33.1 Å². The molecule has 2 unspecified atom stereocenters. The number of aliphatic hydroxyl groups is 1. The van der Waals surface area contributed by atoms with Gasteiger partial charge in [0, 0.05) is 0 Å². The number of aliphatic hydroxyl groups excluding tert-OH is 1. The van der Waals surface area contributed by atoms with E-state index in [4.69, 9.17) is 0 Å². The largest absolute Gasteiger partial charge is 0.387 e. The number of hydrogen-bond acceptors (Lipinski definition) is 2.